The topological polar surface area (TPSA) is 46.5 Å². The molecule has 0 aromatic heterocycles. The van der Waals surface area contributed by atoms with E-state index in [4.69, 9.17) is 4.74 Å². The van der Waals surface area contributed by atoms with Crippen LogP contribution in [0.5, 0.6) is 5.75 Å². The van der Waals surface area contributed by atoms with Crippen LogP contribution in [0.4, 0.5) is 26.3 Å². The van der Waals surface area contributed by atoms with Crippen molar-refractivity contribution in [3.63, 3.8) is 0 Å². The van der Waals surface area contributed by atoms with Gasteiger partial charge in [-0.25, -0.2) is 0 Å². The molecular formula is C24H24F6O3. The third kappa shape index (κ3) is 6.88. The minimum Gasteiger partial charge on any atom is -0.489 e. The maximum atomic E-state index is 13.0. The van der Waals surface area contributed by atoms with Gasteiger partial charge in [-0.3, -0.25) is 4.79 Å². The van der Waals surface area contributed by atoms with Crippen molar-refractivity contribution in [2.24, 2.45) is 11.8 Å². The van der Waals surface area contributed by atoms with Crippen molar-refractivity contribution in [1.29, 1.82) is 0 Å². The van der Waals surface area contributed by atoms with Crippen LogP contribution in [-0.2, 0) is 30.2 Å². The Kier molecular flexibility index (Phi) is 7.59. The van der Waals surface area contributed by atoms with E-state index in [2.05, 4.69) is 0 Å². The molecule has 180 valence electrons. The van der Waals surface area contributed by atoms with Crippen LogP contribution in [0.3, 0.4) is 0 Å². The molecule has 1 aliphatic carbocycles. The molecule has 0 saturated heterocycles. The highest BCUT2D eigenvalue weighted by Crippen LogP contribution is 2.37. The number of hydrogen-bond acceptors (Lipinski definition) is 2. The van der Waals surface area contributed by atoms with E-state index in [0.717, 1.165) is 32.1 Å². The average molecular weight is 474 g/mol. The van der Waals surface area contributed by atoms with Crippen LogP contribution in [0.25, 0.3) is 0 Å². The van der Waals surface area contributed by atoms with E-state index >= 15 is 0 Å². The van der Waals surface area contributed by atoms with Crippen molar-refractivity contribution in [3.05, 3.63) is 64.7 Å². The fraction of sp³-hybridized carbons (Fsp3) is 0.458. The third-order valence-corrected chi connectivity index (χ3v) is 5.94. The number of aliphatic carboxylic acids is 1. The Morgan fingerprint density at radius 2 is 1.52 bits per heavy atom. The van der Waals surface area contributed by atoms with Gasteiger partial charge in [0, 0.05) is 0 Å². The minimum atomic E-state index is -4.93. The smallest absolute Gasteiger partial charge is 0.416 e. The molecule has 1 aliphatic rings. The van der Waals surface area contributed by atoms with E-state index in [1.807, 2.05) is 0 Å². The first-order valence-corrected chi connectivity index (χ1v) is 10.7. The van der Waals surface area contributed by atoms with Crippen LogP contribution < -0.4 is 4.74 Å². The van der Waals surface area contributed by atoms with Gasteiger partial charge in [0.25, 0.3) is 0 Å². The standard InChI is InChI=1S/C24H24F6O3/c25-23(26,27)18-9-16(10-19(13-18)24(28,29)30)14-33-20-8-4-5-15(11-20)12-21(22(31)32)17-6-2-1-3-7-17/h4-5,8-11,13,17,21H,1-3,6-7,12,14H2,(H,31,32). The molecule has 3 rings (SSSR count). The van der Waals surface area contributed by atoms with Gasteiger partial charge in [-0.05, 0) is 66.6 Å². The average Bonchev–Trinajstić information content (AvgIpc) is 2.75. The van der Waals surface area contributed by atoms with Gasteiger partial charge in [0.05, 0.1) is 17.0 Å². The number of rotatable bonds is 7. The van der Waals surface area contributed by atoms with Gasteiger partial charge in [0.15, 0.2) is 0 Å². The van der Waals surface area contributed by atoms with Crippen LogP contribution in [0.1, 0.15) is 54.4 Å². The van der Waals surface area contributed by atoms with Gasteiger partial charge in [-0.15, -0.1) is 0 Å². The highest BCUT2D eigenvalue weighted by molar-refractivity contribution is 5.70. The zero-order valence-corrected chi connectivity index (χ0v) is 17.7. The number of hydrogen-bond donors (Lipinski definition) is 1. The molecule has 0 radical (unpaired) electrons. The van der Waals surface area contributed by atoms with Crippen molar-refractivity contribution < 1.29 is 41.0 Å². The molecule has 33 heavy (non-hydrogen) atoms. The van der Waals surface area contributed by atoms with Crippen LogP contribution in [0, 0.1) is 11.8 Å². The normalized spacial score (nSPS) is 16.4. The quantitative estimate of drug-likeness (QED) is 0.435. The first-order valence-electron chi connectivity index (χ1n) is 10.7. The largest absolute Gasteiger partial charge is 0.489 e. The molecule has 1 fully saturated rings. The molecule has 0 spiro atoms. The molecule has 1 unspecified atom stereocenters. The Bertz CT molecular complexity index is 929. The van der Waals surface area contributed by atoms with Crippen molar-refractivity contribution in [1.82, 2.24) is 0 Å². The molecule has 0 aliphatic heterocycles. The maximum Gasteiger partial charge on any atom is 0.416 e. The SMILES string of the molecule is O=C(O)C(Cc1cccc(OCc2cc(C(F)(F)F)cc(C(F)(F)F)c2)c1)C1CCCCC1. The first kappa shape index (κ1) is 24.9. The summed E-state index contributed by atoms with van der Waals surface area (Å²) in [6, 6.07) is 7.79. The Hall–Kier alpha value is -2.71. The Labute approximate surface area is 187 Å². The van der Waals surface area contributed by atoms with E-state index < -0.39 is 42.0 Å². The van der Waals surface area contributed by atoms with Gasteiger partial charge in [-0.2, -0.15) is 26.3 Å². The summed E-state index contributed by atoms with van der Waals surface area (Å²) in [7, 11) is 0. The molecule has 1 saturated carbocycles. The number of alkyl halides is 6. The van der Waals surface area contributed by atoms with E-state index in [-0.39, 0.29) is 29.7 Å². The van der Waals surface area contributed by atoms with E-state index in [1.54, 1.807) is 18.2 Å². The van der Waals surface area contributed by atoms with E-state index in [9.17, 15) is 36.2 Å². The van der Waals surface area contributed by atoms with Crippen molar-refractivity contribution in [2.45, 2.75) is 57.5 Å². The zero-order chi connectivity index (χ0) is 24.2. The number of ether oxygens (including phenoxy) is 1. The lowest BCUT2D eigenvalue weighted by atomic mass is 9.77. The molecule has 1 N–H and O–H groups in total. The summed E-state index contributed by atoms with van der Waals surface area (Å²) >= 11 is 0. The minimum absolute atomic E-state index is 0.0709. The summed E-state index contributed by atoms with van der Waals surface area (Å²) in [5, 5.41) is 9.68. The summed E-state index contributed by atoms with van der Waals surface area (Å²) in [6.45, 7) is -0.499. The lowest BCUT2D eigenvalue weighted by Gasteiger charge is -2.27. The Morgan fingerprint density at radius 3 is 2.06 bits per heavy atom. The molecule has 3 nitrogen and oxygen atoms in total. The van der Waals surface area contributed by atoms with E-state index in [1.165, 1.54) is 6.07 Å². The highest BCUT2D eigenvalue weighted by Gasteiger charge is 2.37. The number of benzene rings is 2. The fourth-order valence-corrected chi connectivity index (χ4v) is 4.28. The van der Waals surface area contributed by atoms with Gasteiger partial charge in [0.1, 0.15) is 12.4 Å². The molecule has 2 aromatic rings. The zero-order valence-electron chi connectivity index (χ0n) is 17.7. The molecule has 0 bridgehead atoms. The molecule has 9 heteroatoms. The second-order valence-electron chi connectivity index (χ2n) is 8.40. The van der Waals surface area contributed by atoms with Crippen molar-refractivity contribution in [2.75, 3.05) is 0 Å². The monoisotopic (exact) mass is 474 g/mol. The predicted molar refractivity (Wildman–Crippen MR) is 109 cm³/mol. The van der Waals surface area contributed by atoms with Crippen LogP contribution in [-0.4, -0.2) is 11.1 Å². The molecular weight excluding hydrogens is 450 g/mol. The summed E-state index contributed by atoms with van der Waals surface area (Å²) in [4.78, 5) is 11.8. The maximum absolute atomic E-state index is 13.0. The summed E-state index contributed by atoms with van der Waals surface area (Å²) in [6.07, 6.45) is -4.80. The first-order chi connectivity index (χ1) is 15.4. The summed E-state index contributed by atoms with van der Waals surface area (Å²) in [5.41, 5.74) is -2.39. The molecule has 0 heterocycles. The Balaban J connectivity index is 1.75. The number of halogens is 6. The lowest BCUT2D eigenvalue weighted by Crippen LogP contribution is -2.27. The highest BCUT2D eigenvalue weighted by atomic mass is 19.4. The summed E-state index contributed by atoms with van der Waals surface area (Å²) < 4.78 is 83.7. The van der Waals surface area contributed by atoms with Crippen LogP contribution in [0.2, 0.25) is 0 Å². The lowest BCUT2D eigenvalue weighted by molar-refractivity contribution is -0.145. The van der Waals surface area contributed by atoms with Crippen LogP contribution >= 0.6 is 0 Å². The predicted octanol–water partition coefficient (Wildman–Crippen LogP) is 7.13. The van der Waals surface area contributed by atoms with Gasteiger partial charge < -0.3 is 9.84 Å². The third-order valence-electron chi connectivity index (χ3n) is 5.94. The van der Waals surface area contributed by atoms with Crippen molar-refractivity contribution >= 4 is 5.97 Å². The number of carbonyl (C=O) groups is 1. The molecule has 1 atom stereocenters. The van der Waals surface area contributed by atoms with Gasteiger partial charge in [-0.1, -0.05) is 31.4 Å². The molecule has 0 amide bonds. The Morgan fingerprint density at radius 1 is 0.909 bits per heavy atom. The van der Waals surface area contributed by atoms with Gasteiger partial charge in [0.2, 0.25) is 0 Å². The fourth-order valence-electron chi connectivity index (χ4n) is 4.28. The van der Waals surface area contributed by atoms with Gasteiger partial charge >= 0.3 is 18.3 Å². The summed E-state index contributed by atoms with van der Waals surface area (Å²) in [5.74, 6) is -1.12. The second-order valence-corrected chi connectivity index (χ2v) is 8.40. The van der Waals surface area contributed by atoms with Crippen LogP contribution in [0.15, 0.2) is 42.5 Å². The second kappa shape index (κ2) is 10.1. The molecule has 2 aromatic carbocycles. The number of carboxylic acids is 1. The van der Waals surface area contributed by atoms with Crippen molar-refractivity contribution in [3.8, 4) is 5.75 Å². The van der Waals surface area contributed by atoms with E-state index in [0.29, 0.717) is 17.7 Å². The number of carboxylic acid groups (broad SMARTS) is 1.